The minimum atomic E-state index is -0.352. The Morgan fingerprint density at radius 2 is 2.05 bits per heavy atom. The van der Waals surface area contributed by atoms with Gasteiger partial charge in [0.15, 0.2) is 5.82 Å². The van der Waals surface area contributed by atoms with Gasteiger partial charge in [-0.2, -0.15) is 0 Å². The third-order valence-corrected chi connectivity index (χ3v) is 4.16. The number of fused-ring (bicyclic) bond motifs is 1. The Bertz CT molecular complexity index is 817. The van der Waals surface area contributed by atoms with Crippen molar-refractivity contribution < 1.29 is 4.39 Å². The molecule has 0 atom stereocenters. The van der Waals surface area contributed by atoms with Crippen LogP contribution in [0, 0.1) is 5.82 Å². The van der Waals surface area contributed by atoms with Crippen molar-refractivity contribution in [2.24, 2.45) is 0 Å². The summed E-state index contributed by atoms with van der Waals surface area (Å²) in [5.74, 6) is 0.739. The molecule has 1 heterocycles. The Morgan fingerprint density at radius 1 is 1.24 bits per heavy atom. The van der Waals surface area contributed by atoms with E-state index in [1.807, 2.05) is 22.8 Å². The molecule has 0 bridgehead atoms. The highest BCUT2D eigenvalue weighted by Gasteiger charge is 2.16. The van der Waals surface area contributed by atoms with Gasteiger partial charge >= 0.3 is 0 Å². The van der Waals surface area contributed by atoms with Crippen molar-refractivity contribution in [3.05, 3.63) is 57.5 Å². The molecule has 2 aromatic carbocycles. The molecule has 2 nitrogen and oxygen atoms in total. The van der Waals surface area contributed by atoms with E-state index in [9.17, 15) is 4.39 Å². The lowest BCUT2D eigenvalue weighted by Gasteiger charge is -2.11. The molecule has 21 heavy (non-hydrogen) atoms. The fourth-order valence-electron chi connectivity index (χ4n) is 2.30. The summed E-state index contributed by atoms with van der Waals surface area (Å²) in [4.78, 5) is 4.38. The van der Waals surface area contributed by atoms with Gasteiger partial charge in [-0.3, -0.25) is 4.57 Å². The minimum Gasteiger partial charge on any atom is -0.295 e. The van der Waals surface area contributed by atoms with Gasteiger partial charge in [0.25, 0.3) is 0 Å². The van der Waals surface area contributed by atoms with Gasteiger partial charge < -0.3 is 0 Å². The van der Waals surface area contributed by atoms with Gasteiger partial charge in [0.05, 0.1) is 16.2 Å². The van der Waals surface area contributed by atoms with Crippen LogP contribution in [0.2, 0.25) is 5.02 Å². The van der Waals surface area contributed by atoms with Crippen molar-refractivity contribution in [1.29, 1.82) is 0 Å². The minimum absolute atomic E-state index is 0.330. The molecule has 0 aliphatic carbocycles. The molecule has 0 radical (unpaired) electrons. The molecule has 0 N–H and O–H groups in total. The highest BCUT2D eigenvalue weighted by Crippen LogP contribution is 2.30. The van der Waals surface area contributed by atoms with Gasteiger partial charge in [0.1, 0.15) is 11.3 Å². The molecule has 3 rings (SSSR count). The zero-order valence-electron chi connectivity index (χ0n) is 10.8. The summed E-state index contributed by atoms with van der Waals surface area (Å²) in [5, 5.41) is 0.559. The summed E-state index contributed by atoms with van der Waals surface area (Å²) in [6.45, 7) is 0. The van der Waals surface area contributed by atoms with Crippen LogP contribution in [-0.4, -0.2) is 15.4 Å². The fourth-order valence-corrected chi connectivity index (χ4v) is 3.22. The van der Waals surface area contributed by atoms with Crippen LogP contribution in [0.15, 0.2) is 40.9 Å². The van der Waals surface area contributed by atoms with Gasteiger partial charge in [-0.15, -0.1) is 11.6 Å². The van der Waals surface area contributed by atoms with E-state index in [4.69, 9.17) is 23.2 Å². The van der Waals surface area contributed by atoms with E-state index in [1.165, 1.54) is 6.07 Å². The standard InChI is InChI=1S/C15H10BrCl2FN2/c16-9-4-5-12(10(18)8-9)21-13-3-1-2-11(19)15(13)20-14(21)6-7-17/h1-5,8H,6-7H2. The van der Waals surface area contributed by atoms with E-state index >= 15 is 0 Å². The molecule has 108 valence electrons. The number of aryl methyl sites for hydroxylation is 1. The van der Waals surface area contributed by atoms with Gasteiger partial charge in [0, 0.05) is 16.8 Å². The maximum atomic E-state index is 14.0. The second kappa shape index (κ2) is 5.95. The number of aromatic nitrogens is 2. The van der Waals surface area contributed by atoms with Crippen LogP contribution in [0.25, 0.3) is 16.7 Å². The number of benzene rings is 2. The topological polar surface area (TPSA) is 17.8 Å². The summed E-state index contributed by atoms with van der Waals surface area (Å²) in [7, 11) is 0. The van der Waals surface area contributed by atoms with Crippen molar-refractivity contribution in [3.8, 4) is 5.69 Å². The van der Waals surface area contributed by atoms with E-state index < -0.39 is 0 Å². The summed E-state index contributed by atoms with van der Waals surface area (Å²) < 4.78 is 16.7. The Morgan fingerprint density at radius 3 is 2.76 bits per heavy atom. The summed E-state index contributed by atoms with van der Waals surface area (Å²) in [5.41, 5.74) is 1.77. The first-order chi connectivity index (χ1) is 10.1. The average Bonchev–Trinajstić information content (AvgIpc) is 2.79. The van der Waals surface area contributed by atoms with Gasteiger partial charge in [-0.25, -0.2) is 9.37 Å². The lowest BCUT2D eigenvalue weighted by molar-refractivity contribution is 0.637. The normalized spacial score (nSPS) is 11.2. The second-order valence-corrected chi connectivity index (χ2v) is 6.21. The van der Waals surface area contributed by atoms with Crippen LogP contribution in [-0.2, 0) is 6.42 Å². The molecule has 6 heteroatoms. The molecule has 0 spiro atoms. The fraction of sp³-hybridized carbons (Fsp3) is 0.133. The third kappa shape index (κ3) is 2.68. The molecule has 0 fully saturated rings. The van der Waals surface area contributed by atoms with Crippen LogP contribution in [0.5, 0.6) is 0 Å². The quantitative estimate of drug-likeness (QED) is 0.553. The predicted molar refractivity (Wildman–Crippen MR) is 88.2 cm³/mol. The van der Waals surface area contributed by atoms with E-state index in [0.717, 1.165) is 10.2 Å². The number of nitrogens with zero attached hydrogens (tertiary/aromatic N) is 2. The monoisotopic (exact) mass is 386 g/mol. The molecular weight excluding hydrogens is 378 g/mol. The van der Waals surface area contributed by atoms with Gasteiger partial charge in [0.2, 0.25) is 0 Å². The van der Waals surface area contributed by atoms with Crippen LogP contribution in [0.3, 0.4) is 0 Å². The molecule has 0 saturated heterocycles. The van der Waals surface area contributed by atoms with E-state index in [0.29, 0.717) is 34.2 Å². The van der Waals surface area contributed by atoms with Crippen LogP contribution < -0.4 is 0 Å². The molecule has 0 aliphatic heterocycles. The van der Waals surface area contributed by atoms with Crippen LogP contribution in [0.4, 0.5) is 4.39 Å². The number of hydrogen-bond donors (Lipinski definition) is 0. The summed E-state index contributed by atoms with van der Waals surface area (Å²) in [6.07, 6.45) is 0.530. The van der Waals surface area contributed by atoms with Gasteiger partial charge in [-0.1, -0.05) is 33.6 Å². The first-order valence-corrected chi connectivity index (χ1v) is 7.99. The van der Waals surface area contributed by atoms with Crippen molar-refractivity contribution in [3.63, 3.8) is 0 Å². The van der Waals surface area contributed by atoms with E-state index in [2.05, 4.69) is 20.9 Å². The smallest absolute Gasteiger partial charge is 0.151 e. The summed E-state index contributed by atoms with van der Waals surface area (Å²) in [6, 6.07) is 10.4. The maximum Gasteiger partial charge on any atom is 0.151 e. The number of para-hydroxylation sites is 1. The number of rotatable bonds is 3. The SMILES string of the molecule is Fc1cccc2c1nc(CCCl)n2-c1ccc(Br)cc1Cl. The second-order valence-electron chi connectivity index (χ2n) is 4.51. The molecular formula is C15H10BrCl2FN2. The van der Waals surface area contributed by atoms with Crippen LogP contribution in [0.1, 0.15) is 5.82 Å². The zero-order chi connectivity index (χ0) is 15.0. The predicted octanol–water partition coefficient (Wildman–Crippen LogP) is 5.36. The van der Waals surface area contributed by atoms with E-state index in [1.54, 1.807) is 12.1 Å². The number of halogens is 4. The number of alkyl halides is 1. The lowest BCUT2D eigenvalue weighted by Crippen LogP contribution is -2.02. The Kier molecular flexibility index (Phi) is 4.20. The van der Waals surface area contributed by atoms with E-state index in [-0.39, 0.29) is 5.82 Å². The lowest BCUT2D eigenvalue weighted by atomic mass is 10.2. The third-order valence-electron chi connectivity index (χ3n) is 3.17. The first kappa shape index (κ1) is 14.8. The number of hydrogen-bond acceptors (Lipinski definition) is 1. The van der Waals surface area contributed by atoms with Crippen molar-refractivity contribution in [2.75, 3.05) is 5.88 Å². The first-order valence-electron chi connectivity index (χ1n) is 6.29. The van der Waals surface area contributed by atoms with Crippen molar-refractivity contribution in [2.45, 2.75) is 6.42 Å². The molecule has 0 aliphatic rings. The highest BCUT2D eigenvalue weighted by atomic mass is 79.9. The molecule has 0 saturated carbocycles. The molecule has 1 aromatic heterocycles. The molecule has 3 aromatic rings. The zero-order valence-corrected chi connectivity index (χ0v) is 13.9. The summed E-state index contributed by atoms with van der Waals surface area (Å²) >= 11 is 15.5. The Balaban J connectivity index is 2.33. The molecule has 0 unspecified atom stereocenters. The van der Waals surface area contributed by atoms with Crippen molar-refractivity contribution >= 4 is 50.2 Å². The largest absolute Gasteiger partial charge is 0.295 e. The maximum absolute atomic E-state index is 14.0. The Hall–Kier alpha value is -1.10. The highest BCUT2D eigenvalue weighted by molar-refractivity contribution is 9.10. The number of imidazole rings is 1. The molecule has 0 amide bonds. The van der Waals surface area contributed by atoms with Crippen LogP contribution >= 0.6 is 39.1 Å². The van der Waals surface area contributed by atoms with Crippen molar-refractivity contribution in [1.82, 2.24) is 9.55 Å². The van der Waals surface area contributed by atoms with Gasteiger partial charge in [-0.05, 0) is 30.3 Å². The Labute approximate surface area is 139 Å². The average molecular weight is 388 g/mol.